The molecule has 126 valence electrons. The predicted molar refractivity (Wildman–Crippen MR) is 88.8 cm³/mol. The van der Waals surface area contributed by atoms with E-state index in [9.17, 15) is 4.79 Å². The van der Waals surface area contributed by atoms with Gasteiger partial charge in [0.2, 0.25) is 5.91 Å². The van der Waals surface area contributed by atoms with E-state index in [1.165, 1.54) is 19.3 Å². The van der Waals surface area contributed by atoms with Crippen LogP contribution < -0.4 is 5.32 Å². The number of likely N-dealkylation sites (N-methyl/N-ethyl adjacent to an activating group) is 1. The normalized spacial score (nSPS) is 36.4. The van der Waals surface area contributed by atoms with Crippen LogP contribution >= 0.6 is 0 Å². The molecule has 0 saturated heterocycles. The Labute approximate surface area is 138 Å². The first-order valence-electron chi connectivity index (χ1n) is 9.04. The molecular weight excluding hydrogens is 288 g/mol. The smallest absolute Gasteiger partial charge is 0.226 e. The van der Waals surface area contributed by atoms with Gasteiger partial charge in [-0.05, 0) is 82.5 Å². The standard InChI is InChI=1S/C19H28N2O2/c1-21(2)16(17-4-3-5-23-17)12-20-18(22)19-9-13-6-14(10-19)8-15(7-13)11-19/h3-5,13-16H,6-12H2,1-2H3,(H,20,22). The van der Waals surface area contributed by atoms with Gasteiger partial charge in [0.15, 0.2) is 0 Å². The minimum atomic E-state index is -0.0607. The number of carbonyl (C=O) groups is 1. The van der Waals surface area contributed by atoms with Gasteiger partial charge in [-0.15, -0.1) is 0 Å². The van der Waals surface area contributed by atoms with Crippen molar-refractivity contribution in [2.45, 2.75) is 44.6 Å². The van der Waals surface area contributed by atoms with Gasteiger partial charge in [-0.3, -0.25) is 9.69 Å². The Balaban J connectivity index is 1.44. The maximum atomic E-state index is 13.0. The van der Waals surface area contributed by atoms with Gasteiger partial charge in [-0.1, -0.05) is 0 Å². The SMILES string of the molecule is CN(C)C(CNC(=O)C12CC3CC(CC(C3)C1)C2)c1ccco1. The zero-order chi connectivity index (χ0) is 16.0. The van der Waals surface area contributed by atoms with E-state index in [4.69, 9.17) is 4.42 Å². The molecule has 4 aliphatic carbocycles. The minimum Gasteiger partial charge on any atom is -0.468 e. The molecule has 4 saturated carbocycles. The van der Waals surface area contributed by atoms with E-state index in [1.54, 1.807) is 6.26 Å². The average Bonchev–Trinajstić information content (AvgIpc) is 2.99. The molecule has 1 atom stereocenters. The van der Waals surface area contributed by atoms with Crippen LogP contribution in [0.15, 0.2) is 22.8 Å². The third-order valence-electron chi connectivity index (χ3n) is 6.47. The van der Waals surface area contributed by atoms with E-state index in [0.717, 1.165) is 42.8 Å². The number of furan rings is 1. The van der Waals surface area contributed by atoms with Gasteiger partial charge in [-0.25, -0.2) is 0 Å². The minimum absolute atomic E-state index is 0.0607. The van der Waals surface area contributed by atoms with E-state index in [2.05, 4.69) is 10.2 Å². The first-order chi connectivity index (χ1) is 11.1. The predicted octanol–water partition coefficient (Wildman–Crippen LogP) is 3.21. The van der Waals surface area contributed by atoms with Crippen LogP contribution in [0.3, 0.4) is 0 Å². The summed E-state index contributed by atoms with van der Waals surface area (Å²) in [5.41, 5.74) is -0.0607. The van der Waals surface area contributed by atoms with E-state index in [1.807, 2.05) is 26.2 Å². The van der Waals surface area contributed by atoms with Crippen LogP contribution in [0.2, 0.25) is 0 Å². The third kappa shape index (κ3) is 2.71. The second-order valence-corrected chi connectivity index (χ2v) is 8.40. The summed E-state index contributed by atoms with van der Waals surface area (Å²) in [5, 5.41) is 3.27. The van der Waals surface area contributed by atoms with Gasteiger partial charge in [0.05, 0.1) is 12.3 Å². The largest absolute Gasteiger partial charge is 0.468 e. The monoisotopic (exact) mass is 316 g/mol. The Hall–Kier alpha value is -1.29. The molecule has 1 amide bonds. The summed E-state index contributed by atoms with van der Waals surface area (Å²) in [6, 6.07) is 4.00. The van der Waals surface area contributed by atoms with Gasteiger partial charge < -0.3 is 9.73 Å². The Bertz CT molecular complexity index is 529. The lowest BCUT2D eigenvalue weighted by Gasteiger charge is -2.55. The molecule has 1 unspecified atom stereocenters. The second kappa shape index (κ2) is 5.66. The number of carbonyl (C=O) groups excluding carboxylic acids is 1. The number of nitrogens with zero attached hydrogens (tertiary/aromatic N) is 1. The van der Waals surface area contributed by atoms with Crippen LogP contribution in [-0.4, -0.2) is 31.4 Å². The van der Waals surface area contributed by atoms with E-state index in [0.29, 0.717) is 12.5 Å². The van der Waals surface area contributed by atoms with Crippen molar-refractivity contribution < 1.29 is 9.21 Å². The zero-order valence-electron chi connectivity index (χ0n) is 14.3. The molecule has 23 heavy (non-hydrogen) atoms. The highest BCUT2D eigenvalue weighted by Crippen LogP contribution is 2.60. The molecule has 4 heteroatoms. The van der Waals surface area contributed by atoms with Crippen molar-refractivity contribution in [3.8, 4) is 0 Å². The topological polar surface area (TPSA) is 45.5 Å². The van der Waals surface area contributed by atoms with Crippen LogP contribution in [0.5, 0.6) is 0 Å². The number of hydrogen-bond donors (Lipinski definition) is 1. The van der Waals surface area contributed by atoms with Crippen molar-refractivity contribution >= 4 is 5.91 Å². The summed E-state index contributed by atoms with van der Waals surface area (Å²) in [6.07, 6.45) is 9.19. The van der Waals surface area contributed by atoms with Crippen LogP contribution in [0.25, 0.3) is 0 Å². The molecule has 1 N–H and O–H groups in total. The lowest BCUT2D eigenvalue weighted by Crippen LogP contribution is -2.54. The Morgan fingerprint density at radius 2 is 1.87 bits per heavy atom. The Morgan fingerprint density at radius 3 is 2.35 bits per heavy atom. The fourth-order valence-corrected chi connectivity index (χ4v) is 5.78. The van der Waals surface area contributed by atoms with Crippen LogP contribution in [0, 0.1) is 23.2 Å². The third-order valence-corrected chi connectivity index (χ3v) is 6.47. The summed E-state index contributed by atoms with van der Waals surface area (Å²) in [4.78, 5) is 15.1. The van der Waals surface area contributed by atoms with E-state index < -0.39 is 0 Å². The molecule has 1 heterocycles. The van der Waals surface area contributed by atoms with E-state index in [-0.39, 0.29) is 11.5 Å². The van der Waals surface area contributed by atoms with E-state index >= 15 is 0 Å². The molecule has 4 aliphatic rings. The summed E-state index contributed by atoms with van der Waals surface area (Å²) in [5.74, 6) is 3.64. The molecular formula is C19H28N2O2. The number of hydrogen-bond acceptors (Lipinski definition) is 3. The maximum absolute atomic E-state index is 13.0. The highest BCUT2D eigenvalue weighted by molar-refractivity contribution is 5.83. The van der Waals surface area contributed by atoms with Crippen molar-refractivity contribution in [3.05, 3.63) is 24.2 Å². The fourth-order valence-electron chi connectivity index (χ4n) is 5.78. The number of amides is 1. The van der Waals surface area contributed by atoms with Crippen molar-refractivity contribution in [2.24, 2.45) is 23.2 Å². The molecule has 0 radical (unpaired) electrons. The molecule has 4 nitrogen and oxygen atoms in total. The van der Waals surface area contributed by atoms with Gasteiger partial charge in [0.25, 0.3) is 0 Å². The molecule has 4 bridgehead atoms. The van der Waals surface area contributed by atoms with Gasteiger partial charge in [0, 0.05) is 12.0 Å². The number of rotatable bonds is 5. The highest BCUT2D eigenvalue weighted by Gasteiger charge is 2.54. The van der Waals surface area contributed by atoms with Crippen LogP contribution in [0.1, 0.15) is 50.3 Å². The molecule has 0 aromatic carbocycles. The lowest BCUT2D eigenvalue weighted by atomic mass is 9.49. The summed E-state index contributed by atoms with van der Waals surface area (Å²) in [6.45, 7) is 0.626. The van der Waals surface area contributed by atoms with Crippen LogP contribution in [-0.2, 0) is 4.79 Å². The molecule has 1 aromatic heterocycles. The van der Waals surface area contributed by atoms with Crippen molar-refractivity contribution in [1.29, 1.82) is 0 Å². The van der Waals surface area contributed by atoms with Gasteiger partial charge in [0.1, 0.15) is 5.76 Å². The first kappa shape index (κ1) is 15.3. The summed E-state index contributed by atoms with van der Waals surface area (Å²) < 4.78 is 5.55. The van der Waals surface area contributed by atoms with Gasteiger partial charge in [-0.2, -0.15) is 0 Å². The quantitative estimate of drug-likeness (QED) is 0.907. The Kier molecular flexibility index (Phi) is 3.75. The second-order valence-electron chi connectivity index (χ2n) is 8.40. The van der Waals surface area contributed by atoms with Crippen molar-refractivity contribution in [3.63, 3.8) is 0 Å². The molecule has 0 spiro atoms. The number of nitrogens with one attached hydrogen (secondary N) is 1. The summed E-state index contributed by atoms with van der Waals surface area (Å²) in [7, 11) is 4.06. The van der Waals surface area contributed by atoms with Crippen molar-refractivity contribution in [1.82, 2.24) is 10.2 Å². The summed E-state index contributed by atoms with van der Waals surface area (Å²) >= 11 is 0. The van der Waals surface area contributed by atoms with Gasteiger partial charge >= 0.3 is 0 Å². The average molecular weight is 316 g/mol. The van der Waals surface area contributed by atoms with Crippen molar-refractivity contribution in [2.75, 3.05) is 20.6 Å². The highest BCUT2D eigenvalue weighted by atomic mass is 16.3. The molecule has 1 aromatic rings. The molecule has 0 aliphatic heterocycles. The molecule has 5 rings (SSSR count). The Morgan fingerprint density at radius 1 is 1.26 bits per heavy atom. The van der Waals surface area contributed by atoms with Crippen LogP contribution in [0.4, 0.5) is 0 Å². The molecule has 4 fully saturated rings. The lowest BCUT2D eigenvalue weighted by molar-refractivity contribution is -0.146. The first-order valence-corrected chi connectivity index (χ1v) is 9.04. The zero-order valence-corrected chi connectivity index (χ0v) is 14.3. The fraction of sp³-hybridized carbons (Fsp3) is 0.737. The maximum Gasteiger partial charge on any atom is 0.226 e.